The van der Waals surface area contributed by atoms with Gasteiger partial charge < -0.3 is 9.22 Å². The summed E-state index contributed by atoms with van der Waals surface area (Å²) in [7, 11) is -4.67. The van der Waals surface area contributed by atoms with Crippen molar-refractivity contribution in [1.82, 2.24) is 0 Å². The third-order valence-electron chi connectivity index (χ3n) is 3.15. The molecule has 0 aliphatic heterocycles. The molecule has 2 N–H and O–H groups in total. The lowest BCUT2D eigenvalue weighted by Gasteiger charge is -2.34. The fourth-order valence-electron chi connectivity index (χ4n) is 1.58. The quantitative estimate of drug-likeness (QED) is 0.310. The first kappa shape index (κ1) is 25.2. The molecule has 0 radical (unpaired) electrons. The second kappa shape index (κ2) is 15.7. The molecule has 0 heterocycles. The van der Waals surface area contributed by atoms with Crippen LogP contribution in [0.4, 0.5) is 0 Å². The smallest absolute Gasteiger partial charge is 0.373 e. The molecule has 0 spiro atoms. The van der Waals surface area contributed by atoms with Crippen LogP contribution in [0.2, 0.25) is 0 Å². The van der Waals surface area contributed by atoms with Gasteiger partial charge >= 0.3 is 10.4 Å². The van der Waals surface area contributed by atoms with E-state index in [9.17, 15) is 0 Å². The molecule has 0 unspecified atom stereocenters. The second-order valence-electron chi connectivity index (χ2n) is 4.17. The van der Waals surface area contributed by atoms with E-state index in [-0.39, 0.29) is 0 Å². The van der Waals surface area contributed by atoms with Gasteiger partial charge in [0.25, 0.3) is 0 Å². The summed E-state index contributed by atoms with van der Waals surface area (Å²) < 4.78 is 37.8. The highest BCUT2D eigenvalue weighted by Crippen LogP contribution is 2.03. The predicted octanol–water partition coefficient (Wildman–Crippen LogP) is 2.61. The lowest BCUT2D eigenvalue weighted by Crippen LogP contribution is -2.47. The van der Waals surface area contributed by atoms with Crippen LogP contribution in [0, 0.1) is 0 Å². The maximum Gasteiger partial charge on any atom is 0.394 e. The molecule has 0 fully saturated rings. The van der Waals surface area contributed by atoms with Crippen LogP contribution >= 0.6 is 0 Å². The zero-order valence-corrected chi connectivity index (χ0v) is 14.6. The first-order valence-electron chi connectivity index (χ1n) is 7.00. The Morgan fingerprint density at radius 3 is 1.24 bits per heavy atom. The van der Waals surface area contributed by atoms with E-state index in [1.165, 1.54) is 30.7 Å². The zero-order chi connectivity index (χ0) is 17.4. The van der Waals surface area contributed by atoms with Crippen molar-refractivity contribution in [2.24, 2.45) is 0 Å². The highest BCUT2D eigenvalue weighted by Gasteiger charge is 2.16. The van der Waals surface area contributed by atoms with Gasteiger partial charge in [-0.15, -0.1) is 13.2 Å². The molecular weight excluding hydrogens is 294 g/mol. The molecule has 0 saturated carbocycles. The Balaban J connectivity index is -0.000000242. The molecule has 6 nitrogen and oxygen atoms in total. The van der Waals surface area contributed by atoms with Crippen LogP contribution in [0.15, 0.2) is 25.3 Å². The van der Waals surface area contributed by atoms with Gasteiger partial charge in [0.15, 0.2) is 0 Å². The van der Waals surface area contributed by atoms with Crippen molar-refractivity contribution in [3.8, 4) is 0 Å². The number of nitrogens with zero attached hydrogens (tertiary/aromatic N) is 1. The number of hydrogen-bond donors (Lipinski definition) is 2. The topological polar surface area (TPSA) is 83.8 Å². The summed E-state index contributed by atoms with van der Waals surface area (Å²) in [4.78, 5) is 0. The van der Waals surface area contributed by atoms with Crippen LogP contribution in [-0.2, 0) is 15.1 Å². The first-order chi connectivity index (χ1) is 9.66. The van der Waals surface area contributed by atoms with Gasteiger partial charge in [0, 0.05) is 0 Å². The molecule has 21 heavy (non-hydrogen) atoms. The minimum absolute atomic E-state index is 0.617. The van der Waals surface area contributed by atoms with Gasteiger partial charge in [-0.1, -0.05) is 12.2 Å². The van der Waals surface area contributed by atoms with E-state index >= 15 is 0 Å². The average Bonchev–Trinajstić information content (AvgIpc) is 2.42. The number of ether oxygens (including phenoxy) is 1. The largest absolute Gasteiger partial charge is 0.394 e. The molecule has 0 aromatic heterocycles. The fourth-order valence-corrected chi connectivity index (χ4v) is 1.58. The Labute approximate surface area is 130 Å². The van der Waals surface area contributed by atoms with Crippen molar-refractivity contribution in [2.45, 2.75) is 27.7 Å². The van der Waals surface area contributed by atoms with Crippen molar-refractivity contribution in [2.75, 3.05) is 39.4 Å². The lowest BCUT2D eigenvalue weighted by molar-refractivity contribution is -0.921. The molecule has 0 amide bonds. The molecule has 0 rings (SSSR count). The Morgan fingerprint density at radius 2 is 1.14 bits per heavy atom. The van der Waals surface area contributed by atoms with E-state index < -0.39 is 10.4 Å². The van der Waals surface area contributed by atoms with E-state index in [0.717, 1.165) is 0 Å². The Morgan fingerprint density at radius 1 is 0.905 bits per heavy atom. The molecule has 0 atom stereocenters. The summed E-state index contributed by atoms with van der Waals surface area (Å²) in [6, 6.07) is 0. The number of quaternary nitrogens is 1. The SMILES string of the molecule is C=CCOCC=C.CC[N+](CC)(CC)CC.O=S(=O)(O)O. The third kappa shape index (κ3) is 24.6. The van der Waals surface area contributed by atoms with Crippen molar-refractivity contribution in [3.63, 3.8) is 0 Å². The van der Waals surface area contributed by atoms with Gasteiger partial charge in [0.2, 0.25) is 0 Å². The average molecular weight is 326 g/mol. The van der Waals surface area contributed by atoms with Gasteiger partial charge in [-0.05, 0) is 27.7 Å². The molecule has 7 heteroatoms. The van der Waals surface area contributed by atoms with E-state index in [1.807, 2.05) is 0 Å². The van der Waals surface area contributed by atoms with Crippen LogP contribution in [0.25, 0.3) is 0 Å². The molecule has 0 aliphatic carbocycles. The van der Waals surface area contributed by atoms with Gasteiger partial charge in [-0.2, -0.15) is 8.42 Å². The van der Waals surface area contributed by atoms with Crippen molar-refractivity contribution in [1.29, 1.82) is 0 Å². The summed E-state index contributed by atoms with van der Waals surface area (Å²) >= 11 is 0. The van der Waals surface area contributed by atoms with Gasteiger partial charge in [-0.3, -0.25) is 9.11 Å². The van der Waals surface area contributed by atoms with E-state index in [0.29, 0.717) is 13.2 Å². The molecule has 0 saturated heterocycles. The van der Waals surface area contributed by atoms with E-state index in [4.69, 9.17) is 22.3 Å². The second-order valence-corrected chi connectivity index (χ2v) is 5.06. The maximum absolute atomic E-state index is 8.74. The molecule has 128 valence electrons. The highest BCUT2D eigenvalue weighted by atomic mass is 32.3. The number of rotatable bonds is 8. The van der Waals surface area contributed by atoms with Gasteiger partial charge in [-0.25, -0.2) is 0 Å². The maximum atomic E-state index is 8.74. The summed E-state index contributed by atoms with van der Waals surface area (Å²) in [5.41, 5.74) is 0. The molecule has 0 aliphatic rings. The van der Waals surface area contributed by atoms with Crippen LogP contribution < -0.4 is 0 Å². The highest BCUT2D eigenvalue weighted by molar-refractivity contribution is 7.79. The van der Waals surface area contributed by atoms with Crippen LogP contribution in [-0.4, -0.2) is 61.4 Å². The summed E-state index contributed by atoms with van der Waals surface area (Å²) in [5, 5.41) is 0. The van der Waals surface area contributed by atoms with Crippen molar-refractivity contribution < 1.29 is 26.7 Å². The molecule has 0 bridgehead atoms. The van der Waals surface area contributed by atoms with Crippen LogP contribution in [0.1, 0.15) is 27.7 Å². The molecular formula is C14H32NO5S+. The zero-order valence-electron chi connectivity index (χ0n) is 13.8. The monoisotopic (exact) mass is 326 g/mol. The third-order valence-corrected chi connectivity index (χ3v) is 3.15. The normalized spacial score (nSPS) is 10.6. The standard InChI is InChI=1S/C8H20N.C6H10O.H2O4S/c1-5-9(6-2,7-3)8-4;1-3-5-7-6-4-2;1-5(2,3)4/h5-8H2,1-4H3;3-4H,1-2,5-6H2;(H2,1,2,3,4)/q+1;;. The lowest BCUT2D eigenvalue weighted by atomic mass is 10.3. The molecule has 0 aromatic carbocycles. The van der Waals surface area contributed by atoms with E-state index in [1.54, 1.807) is 12.2 Å². The summed E-state index contributed by atoms with van der Waals surface area (Å²) in [6.45, 7) is 22.4. The summed E-state index contributed by atoms with van der Waals surface area (Å²) in [5.74, 6) is 0. The van der Waals surface area contributed by atoms with Gasteiger partial charge in [0.1, 0.15) is 0 Å². The molecule has 0 aromatic rings. The van der Waals surface area contributed by atoms with Crippen molar-refractivity contribution >= 4 is 10.4 Å². The van der Waals surface area contributed by atoms with Crippen LogP contribution in [0.5, 0.6) is 0 Å². The Hall–Kier alpha value is -0.730. The Bertz CT molecular complexity index is 304. The Kier molecular flexibility index (Phi) is 18.8. The van der Waals surface area contributed by atoms with E-state index in [2.05, 4.69) is 40.9 Å². The minimum Gasteiger partial charge on any atom is -0.373 e. The first-order valence-corrected chi connectivity index (χ1v) is 8.40. The summed E-state index contributed by atoms with van der Waals surface area (Å²) in [6.07, 6.45) is 3.42. The van der Waals surface area contributed by atoms with Gasteiger partial charge in [0.05, 0.1) is 39.4 Å². The fraction of sp³-hybridized carbons (Fsp3) is 0.714. The predicted molar refractivity (Wildman–Crippen MR) is 87.8 cm³/mol. The number of hydrogen-bond acceptors (Lipinski definition) is 3. The van der Waals surface area contributed by atoms with Crippen LogP contribution in [0.3, 0.4) is 0 Å². The minimum atomic E-state index is -4.67. The van der Waals surface area contributed by atoms with Crippen molar-refractivity contribution in [3.05, 3.63) is 25.3 Å².